The lowest BCUT2D eigenvalue weighted by molar-refractivity contribution is -0.143. The van der Waals surface area contributed by atoms with Gasteiger partial charge in [0.05, 0.1) is 5.92 Å². The highest BCUT2D eigenvalue weighted by atomic mass is 32.1. The van der Waals surface area contributed by atoms with Crippen molar-refractivity contribution >= 4 is 22.9 Å². The number of rotatable bonds is 8. The van der Waals surface area contributed by atoms with E-state index in [0.29, 0.717) is 6.54 Å². The van der Waals surface area contributed by atoms with Crippen LogP contribution in [0.5, 0.6) is 0 Å². The molecule has 1 aliphatic heterocycles. The van der Waals surface area contributed by atoms with E-state index in [0.717, 1.165) is 45.2 Å². The molecule has 0 amide bonds. The van der Waals surface area contributed by atoms with Crippen molar-refractivity contribution in [3.8, 4) is 0 Å². The summed E-state index contributed by atoms with van der Waals surface area (Å²) in [6, 6.07) is 11.0. The van der Waals surface area contributed by atoms with Crippen LogP contribution in [0.4, 0.5) is 0 Å². The zero-order valence-corrected chi connectivity index (χ0v) is 17.8. The third kappa shape index (κ3) is 4.92. The molecule has 1 N–H and O–H groups in total. The molecular formula is C24H31NO2S. The summed E-state index contributed by atoms with van der Waals surface area (Å²) in [5, 5.41) is 11.5. The van der Waals surface area contributed by atoms with Crippen molar-refractivity contribution in [3.63, 3.8) is 0 Å². The molecule has 2 aromatic rings. The van der Waals surface area contributed by atoms with Gasteiger partial charge in [-0.25, -0.2) is 0 Å². The Labute approximate surface area is 172 Å². The molecule has 28 heavy (non-hydrogen) atoms. The lowest BCUT2D eigenvalue weighted by atomic mass is 9.94. The topological polar surface area (TPSA) is 40.5 Å². The van der Waals surface area contributed by atoms with Crippen LogP contribution in [-0.2, 0) is 17.6 Å². The van der Waals surface area contributed by atoms with E-state index in [1.165, 1.54) is 27.1 Å². The number of hydrogen-bond acceptors (Lipinski definition) is 3. The molecule has 0 saturated carbocycles. The number of likely N-dealkylation sites (tertiary alicyclic amines) is 1. The summed E-state index contributed by atoms with van der Waals surface area (Å²) in [7, 11) is 0. The largest absolute Gasteiger partial charge is 0.481 e. The first-order valence-electron chi connectivity index (χ1n) is 10.4. The van der Waals surface area contributed by atoms with Crippen LogP contribution < -0.4 is 0 Å². The van der Waals surface area contributed by atoms with Gasteiger partial charge in [0.2, 0.25) is 0 Å². The van der Waals surface area contributed by atoms with Gasteiger partial charge >= 0.3 is 5.97 Å². The Balaban J connectivity index is 1.82. The fourth-order valence-electron chi connectivity index (χ4n) is 4.12. The molecule has 3 rings (SSSR count). The molecule has 0 radical (unpaired) electrons. The summed E-state index contributed by atoms with van der Waals surface area (Å²) in [5.41, 5.74) is 5.47. The lowest BCUT2D eigenvalue weighted by Crippen LogP contribution is -2.39. The summed E-state index contributed by atoms with van der Waals surface area (Å²) >= 11 is 1.83. The van der Waals surface area contributed by atoms with Crippen LogP contribution in [0, 0.1) is 5.92 Å². The quantitative estimate of drug-likeness (QED) is 0.640. The normalized spacial score (nSPS) is 18.4. The number of aryl methyl sites for hydroxylation is 2. The van der Waals surface area contributed by atoms with E-state index < -0.39 is 5.97 Å². The summed E-state index contributed by atoms with van der Waals surface area (Å²) in [6.07, 6.45) is 7.18. The Morgan fingerprint density at radius 3 is 2.75 bits per heavy atom. The SMILES string of the molecule is CCc1ccccc1/C(=C/CCN1CCCC(C(=O)O)C1)c1sccc1CC. The minimum absolute atomic E-state index is 0.206. The molecule has 2 heterocycles. The highest BCUT2D eigenvalue weighted by Gasteiger charge is 2.24. The molecule has 4 heteroatoms. The van der Waals surface area contributed by atoms with Crippen LogP contribution >= 0.6 is 11.3 Å². The van der Waals surface area contributed by atoms with Crippen molar-refractivity contribution in [3.05, 3.63) is 63.4 Å². The molecule has 0 aliphatic carbocycles. The van der Waals surface area contributed by atoms with Crippen molar-refractivity contribution in [2.45, 2.75) is 46.0 Å². The molecule has 1 saturated heterocycles. The van der Waals surface area contributed by atoms with Gasteiger partial charge in [-0.15, -0.1) is 11.3 Å². The Hall–Kier alpha value is -1.91. The average molecular weight is 398 g/mol. The van der Waals surface area contributed by atoms with Crippen molar-refractivity contribution < 1.29 is 9.90 Å². The number of thiophene rings is 1. The second-order valence-electron chi connectivity index (χ2n) is 7.52. The van der Waals surface area contributed by atoms with Crippen LogP contribution in [0.15, 0.2) is 41.8 Å². The molecule has 1 atom stereocenters. The zero-order chi connectivity index (χ0) is 19.9. The van der Waals surface area contributed by atoms with E-state index in [-0.39, 0.29) is 5.92 Å². The van der Waals surface area contributed by atoms with E-state index in [2.05, 4.69) is 60.5 Å². The smallest absolute Gasteiger partial charge is 0.307 e. The Morgan fingerprint density at radius 1 is 1.21 bits per heavy atom. The van der Waals surface area contributed by atoms with Gasteiger partial charge in [-0.05, 0) is 72.4 Å². The van der Waals surface area contributed by atoms with Crippen LogP contribution in [0.1, 0.15) is 54.7 Å². The van der Waals surface area contributed by atoms with Gasteiger partial charge in [0.25, 0.3) is 0 Å². The third-order valence-corrected chi connectivity index (χ3v) is 6.70. The first-order chi connectivity index (χ1) is 13.6. The number of nitrogens with zero attached hydrogens (tertiary/aromatic N) is 1. The monoisotopic (exact) mass is 397 g/mol. The van der Waals surface area contributed by atoms with Gasteiger partial charge in [0, 0.05) is 18.0 Å². The highest BCUT2D eigenvalue weighted by Crippen LogP contribution is 2.33. The van der Waals surface area contributed by atoms with E-state index in [1.54, 1.807) is 0 Å². The number of benzene rings is 1. The van der Waals surface area contributed by atoms with E-state index >= 15 is 0 Å². The standard InChI is InChI=1S/C24H31NO2S/c1-3-18-9-5-6-11-21(18)22(23-19(4-2)13-16-28-23)12-8-15-25-14-7-10-20(17-25)24(26)27/h5-6,9,11-13,16,20H,3-4,7-8,10,14-15,17H2,1-2H3,(H,26,27)/b22-12-. The second-order valence-corrected chi connectivity index (χ2v) is 8.44. The second kappa shape index (κ2) is 10.0. The Bertz CT molecular complexity index is 824. The molecule has 1 aliphatic rings. The maximum absolute atomic E-state index is 11.3. The van der Waals surface area contributed by atoms with Crippen molar-refractivity contribution in [1.29, 1.82) is 0 Å². The number of carboxylic acids is 1. The summed E-state index contributed by atoms with van der Waals surface area (Å²) in [6.45, 7) is 7.05. The Morgan fingerprint density at radius 2 is 2.00 bits per heavy atom. The number of carbonyl (C=O) groups is 1. The fourth-order valence-corrected chi connectivity index (χ4v) is 5.17. The number of aliphatic carboxylic acids is 1. The molecule has 1 fully saturated rings. The Kier molecular flexibility index (Phi) is 7.46. The van der Waals surface area contributed by atoms with Crippen molar-refractivity contribution in [2.75, 3.05) is 19.6 Å². The molecular weight excluding hydrogens is 366 g/mol. The summed E-state index contributed by atoms with van der Waals surface area (Å²) < 4.78 is 0. The minimum Gasteiger partial charge on any atom is -0.481 e. The molecule has 3 nitrogen and oxygen atoms in total. The molecule has 0 bridgehead atoms. The van der Waals surface area contributed by atoms with Crippen LogP contribution in [0.3, 0.4) is 0 Å². The van der Waals surface area contributed by atoms with E-state index in [4.69, 9.17) is 0 Å². The van der Waals surface area contributed by atoms with Gasteiger partial charge < -0.3 is 10.0 Å². The van der Waals surface area contributed by atoms with Gasteiger partial charge in [0.1, 0.15) is 0 Å². The number of hydrogen-bond donors (Lipinski definition) is 1. The number of carboxylic acid groups (broad SMARTS) is 1. The molecule has 1 aromatic heterocycles. The van der Waals surface area contributed by atoms with Gasteiger partial charge in [-0.3, -0.25) is 4.79 Å². The van der Waals surface area contributed by atoms with Gasteiger partial charge in [-0.2, -0.15) is 0 Å². The van der Waals surface area contributed by atoms with Crippen LogP contribution in [-0.4, -0.2) is 35.6 Å². The first-order valence-corrected chi connectivity index (χ1v) is 11.3. The van der Waals surface area contributed by atoms with Crippen LogP contribution in [0.2, 0.25) is 0 Å². The predicted octanol–water partition coefficient (Wildman–Crippen LogP) is 5.49. The number of piperidine rings is 1. The average Bonchev–Trinajstić information content (AvgIpc) is 3.20. The van der Waals surface area contributed by atoms with Crippen molar-refractivity contribution in [1.82, 2.24) is 4.90 Å². The molecule has 1 aromatic carbocycles. The van der Waals surface area contributed by atoms with Crippen molar-refractivity contribution in [2.24, 2.45) is 5.92 Å². The van der Waals surface area contributed by atoms with E-state index in [9.17, 15) is 9.90 Å². The molecule has 1 unspecified atom stereocenters. The van der Waals surface area contributed by atoms with Gasteiger partial charge in [0.15, 0.2) is 0 Å². The minimum atomic E-state index is -0.649. The first kappa shape index (κ1) is 20.8. The predicted molar refractivity (Wildman–Crippen MR) is 118 cm³/mol. The molecule has 150 valence electrons. The zero-order valence-electron chi connectivity index (χ0n) is 17.0. The third-order valence-electron chi connectivity index (χ3n) is 5.71. The lowest BCUT2D eigenvalue weighted by Gasteiger charge is -2.30. The maximum atomic E-state index is 11.3. The van der Waals surface area contributed by atoms with E-state index in [1.807, 2.05) is 11.3 Å². The van der Waals surface area contributed by atoms with Crippen LogP contribution in [0.25, 0.3) is 5.57 Å². The highest BCUT2D eigenvalue weighted by molar-refractivity contribution is 7.11. The molecule has 0 spiro atoms. The fraction of sp³-hybridized carbons (Fsp3) is 0.458. The summed E-state index contributed by atoms with van der Waals surface area (Å²) in [5.74, 6) is -0.856. The maximum Gasteiger partial charge on any atom is 0.307 e. The summed E-state index contributed by atoms with van der Waals surface area (Å²) in [4.78, 5) is 15.0. The van der Waals surface area contributed by atoms with Gasteiger partial charge in [-0.1, -0.05) is 44.2 Å².